The predicted molar refractivity (Wildman–Crippen MR) is 170 cm³/mol. The number of benzene rings is 2. The van der Waals surface area contributed by atoms with Crippen LogP contribution in [0.3, 0.4) is 0 Å². The number of amides is 3. The summed E-state index contributed by atoms with van der Waals surface area (Å²) < 4.78 is 15.7. The summed E-state index contributed by atoms with van der Waals surface area (Å²) in [5.41, 5.74) is 6.57. The van der Waals surface area contributed by atoms with E-state index in [9.17, 15) is 24.5 Å². The van der Waals surface area contributed by atoms with Gasteiger partial charge in [0, 0.05) is 49.5 Å². The van der Waals surface area contributed by atoms with Crippen molar-refractivity contribution in [3.63, 3.8) is 0 Å². The second-order valence-corrected chi connectivity index (χ2v) is 11.8. The number of nitrogens with two attached hydrogens (primary N) is 1. The third-order valence-electron chi connectivity index (χ3n) is 6.51. The number of anilines is 1. The van der Waals surface area contributed by atoms with Crippen LogP contribution in [0.25, 0.3) is 0 Å². The quantitative estimate of drug-likeness (QED) is 0.0562. The molecule has 14 heteroatoms. The van der Waals surface area contributed by atoms with Gasteiger partial charge in [0.25, 0.3) is 5.69 Å². The first kappa shape index (κ1) is 36.6. The van der Waals surface area contributed by atoms with Gasteiger partial charge < -0.3 is 41.2 Å². The highest BCUT2D eigenvalue weighted by Crippen LogP contribution is 2.20. The van der Waals surface area contributed by atoms with Gasteiger partial charge in [0.15, 0.2) is 0 Å². The van der Waals surface area contributed by atoms with E-state index in [2.05, 4.69) is 28.2 Å². The highest BCUT2D eigenvalue weighted by Gasteiger charge is 2.22. The number of carbonyl (C=O) groups excluding carboxylic acids is 3. The lowest BCUT2D eigenvalue weighted by atomic mass is 10.0. The number of primary amides is 1. The highest BCUT2D eigenvalue weighted by atomic mass is 16.7. The van der Waals surface area contributed by atoms with Crippen LogP contribution in [0.15, 0.2) is 42.5 Å². The second-order valence-electron chi connectivity index (χ2n) is 11.8. The molecule has 45 heavy (non-hydrogen) atoms. The maximum atomic E-state index is 12.4. The average Bonchev–Trinajstić information content (AvgIpc) is 2.94. The fourth-order valence-electron chi connectivity index (χ4n) is 4.06. The van der Waals surface area contributed by atoms with Crippen molar-refractivity contribution in [2.45, 2.75) is 71.8 Å². The molecule has 2 rings (SSSR count). The zero-order chi connectivity index (χ0) is 33.6. The van der Waals surface area contributed by atoms with E-state index in [1.807, 2.05) is 46.8 Å². The second kappa shape index (κ2) is 17.6. The van der Waals surface area contributed by atoms with Crippen LogP contribution in [0.2, 0.25) is 0 Å². The van der Waals surface area contributed by atoms with Gasteiger partial charge in [0.1, 0.15) is 18.0 Å². The number of nitro groups is 1. The van der Waals surface area contributed by atoms with E-state index in [4.69, 9.17) is 19.9 Å². The van der Waals surface area contributed by atoms with Gasteiger partial charge in [-0.15, -0.1) is 0 Å². The third-order valence-corrected chi connectivity index (χ3v) is 6.51. The average molecular weight is 630 g/mol. The van der Waals surface area contributed by atoms with Crippen molar-refractivity contribution < 1.29 is 33.5 Å². The number of ether oxygens (including phenoxy) is 3. The molecule has 0 saturated carbocycles. The van der Waals surface area contributed by atoms with Gasteiger partial charge in [-0.2, -0.15) is 0 Å². The molecule has 2 aromatic rings. The summed E-state index contributed by atoms with van der Waals surface area (Å²) >= 11 is 0. The minimum atomic E-state index is -0.953. The number of non-ortho nitro benzene ring substituents is 1. The van der Waals surface area contributed by atoms with Crippen molar-refractivity contribution in [1.82, 2.24) is 16.0 Å². The fourth-order valence-corrected chi connectivity index (χ4v) is 4.06. The Morgan fingerprint density at radius 1 is 1.07 bits per heavy atom. The van der Waals surface area contributed by atoms with Crippen LogP contribution in [-0.4, -0.2) is 60.5 Å². The molecule has 0 heterocycles. The Labute approximate surface area is 263 Å². The molecule has 6 N–H and O–H groups in total. The van der Waals surface area contributed by atoms with E-state index in [0.29, 0.717) is 43.6 Å². The van der Waals surface area contributed by atoms with Crippen molar-refractivity contribution in [2.24, 2.45) is 11.7 Å². The van der Waals surface area contributed by atoms with Gasteiger partial charge in [-0.1, -0.05) is 19.9 Å². The van der Waals surface area contributed by atoms with Gasteiger partial charge in [-0.3, -0.25) is 10.1 Å². The Bertz CT molecular complexity index is 1280. The molecule has 0 saturated heterocycles. The molecular formula is C31H45N6O8. The number of carbonyl (C=O) groups is 3. The molecule has 0 aliphatic heterocycles. The third kappa shape index (κ3) is 14.6. The molecule has 3 amide bonds. The fraction of sp³-hybridized carbons (Fsp3) is 0.484. The van der Waals surface area contributed by atoms with E-state index < -0.39 is 28.8 Å². The minimum Gasteiger partial charge on any atom is -0.444 e. The summed E-state index contributed by atoms with van der Waals surface area (Å²) in [6, 6.07) is 9.74. The Kier molecular flexibility index (Phi) is 14.3. The number of alkyl carbamates (subject to hydrolysis) is 1. The maximum Gasteiger partial charge on any atom is 0.514 e. The van der Waals surface area contributed by atoms with E-state index in [0.717, 1.165) is 5.69 Å². The first-order valence-corrected chi connectivity index (χ1v) is 14.7. The van der Waals surface area contributed by atoms with Crippen molar-refractivity contribution in [3.05, 3.63) is 70.6 Å². The van der Waals surface area contributed by atoms with E-state index >= 15 is 0 Å². The monoisotopic (exact) mass is 629 g/mol. The summed E-state index contributed by atoms with van der Waals surface area (Å²) in [6.07, 6.45) is -0.0352. The largest absolute Gasteiger partial charge is 0.514 e. The zero-order valence-corrected chi connectivity index (χ0v) is 26.5. The zero-order valence-electron chi connectivity index (χ0n) is 26.5. The van der Waals surface area contributed by atoms with Crippen LogP contribution < -0.4 is 31.7 Å². The molecule has 14 nitrogen and oxygen atoms in total. The van der Waals surface area contributed by atoms with Crippen LogP contribution in [-0.2, 0) is 16.1 Å². The Morgan fingerprint density at radius 3 is 2.33 bits per heavy atom. The topological polar surface area (TPSA) is 196 Å². The van der Waals surface area contributed by atoms with Crippen molar-refractivity contribution in [3.8, 4) is 5.75 Å². The molecule has 0 unspecified atom stereocenters. The van der Waals surface area contributed by atoms with E-state index in [1.165, 1.54) is 24.3 Å². The Balaban J connectivity index is 1.95. The maximum absolute atomic E-state index is 12.4. The minimum absolute atomic E-state index is 0.0215. The number of hydrogen-bond donors (Lipinski definition) is 5. The molecule has 247 valence electrons. The number of hydrogen-bond acceptors (Lipinski definition) is 10. The van der Waals surface area contributed by atoms with Gasteiger partial charge in [-0.05, 0) is 81.8 Å². The lowest BCUT2D eigenvalue weighted by molar-refractivity contribution is -0.384. The number of nitro benzene ring substituents is 1. The lowest BCUT2D eigenvalue weighted by Crippen LogP contribution is -2.50. The van der Waals surface area contributed by atoms with Crippen LogP contribution in [0.5, 0.6) is 5.75 Å². The van der Waals surface area contributed by atoms with Crippen LogP contribution in [0, 0.1) is 23.0 Å². The molecule has 2 aromatic carbocycles. The summed E-state index contributed by atoms with van der Waals surface area (Å²) in [5, 5.41) is 23.2. The lowest BCUT2D eigenvalue weighted by Gasteiger charge is -2.28. The van der Waals surface area contributed by atoms with E-state index in [-0.39, 0.29) is 36.0 Å². The predicted octanol–water partition coefficient (Wildman–Crippen LogP) is 4.86. The molecule has 1 radical (unpaired) electrons. The van der Waals surface area contributed by atoms with Gasteiger partial charge in [0.05, 0.1) is 4.92 Å². The van der Waals surface area contributed by atoms with Crippen LogP contribution in [0.4, 0.5) is 25.8 Å². The summed E-state index contributed by atoms with van der Waals surface area (Å²) in [4.78, 5) is 45.8. The normalized spacial score (nSPS) is 12.5. The number of urea groups is 1. The highest BCUT2D eigenvalue weighted by molar-refractivity contribution is 5.71. The first-order valence-electron chi connectivity index (χ1n) is 14.7. The molecule has 0 aromatic heterocycles. The Morgan fingerprint density at radius 2 is 1.76 bits per heavy atom. The number of rotatable bonds is 16. The summed E-state index contributed by atoms with van der Waals surface area (Å²) in [5.74, 6) is 0.263. The summed E-state index contributed by atoms with van der Waals surface area (Å²) in [6.45, 7) is 14.9. The Hall–Kier alpha value is -4.59. The van der Waals surface area contributed by atoms with E-state index in [1.54, 1.807) is 6.07 Å². The van der Waals surface area contributed by atoms with Gasteiger partial charge >= 0.3 is 18.3 Å². The molecule has 0 spiro atoms. The standard InChI is InChI=1S/C31H45N6O8/c1-20(2)27(36-29(39)45-31(4,5)6)18-35-24(8-7-15-33-28(32)38)17-34-23-10-9-22(21(3)16-23)19-43-30(40)44-26-13-11-25(12-14-26)37(41)42/h9-14,16,20,24,27,34-35H,3,7-8,15,17-19H2,1-2,4-6H3,(H,36,39)(H3,32,33,38)/t24-,27+/m0/s1. The first-order chi connectivity index (χ1) is 21.1. The SMILES string of the molecule is [CH2]c1cc(NC[C@H](CCCNC(N)=O)NC[C@@H](NC(=O)OC(C)(C)C)C(C)C)ccc1COC(=O)Oc1ccc([N+](=O)[O-])cc1. The smallest absolute Gasteiger partial charge is 0.444 e. The van der Waals surface area contributed by atoms with Gasteiger partial charge in [-0.25, -0.2) is 14.4 Å². The molecule has 0 aliphatic rings. The molecule has 0 aliphatic carbocycles. The molecular weight excluding hydrogens is 584 g/mol. The van der Waals surface area contributed by atoms with Gasteiger partial charge in [0.2, 0.25) is 0 Å². The van der Waals surface area contributed by atoms with Crippen molar-refractivity contribution in [2.75, 3.05) is 25.0 Å². The van der Waals surface area contributed by atoms with Crippen LogP contribution in [0.1, 0.15) is 58.6 Å². The van der Waals surface area contributed by atoms with Crippen LogP contribution >= 0.6 is 0 Å². The molecule has 2 atom stereocenters. The molecule has 0 bridgehead atoms. The molecule has 0 fully saturated rings. The number of nitrogens with one attached hydrogen (secondary N) is 4. The summed E-state index contributed by atoms with van der Waals surface area (Å²) in [7, 11) is 0. The van der Waals surface area contributed by atoms with Crippen molar-refractivity contribution in [1.29, 1.82) is 0 Å². The van der Waals surface area contributed by atoms with Crippen molar-refractivity contribution >= 4 is 29.7 Å². The number of nitrogens with zero attached hydrogens (tertiary/aromatic N) is 1.